The van der Waals surface area contributed by atoms with Gasteiger partial charge in [0, 0.05) is 11.6 Å². The van der Waals surface area contributed by atoms with E-state index >= 15 is 0 Å². The zero-order valence-electron chi connectivity index (χ0n) is 5.56. The summed E-state index contributed by atoms with van der Waals surface area (Å²) in [5.74, 6) is -1.22. The minimum Gasteiger partial charge on any atom is -0.271 e. The molecule has 58 valence electrons. The molecule has 0 aliphatic carbocycles. The van der Waals surface area contributed by atoms with Crippen LogP contribution in [0.25, 0.3) is 0 Å². The maximum absolute atomic E-state index is 10.5. The monoisotopic (exact) mass is 155 g/mol. The lowest BCUT2D eigenvalue weighted by atomic mass is 10.1. The van der Waals surface area contributed by atoms with Crippen molar-refractivity contribution in [1.29, 1.82) is 0 Å². The molecule has 0 aromatic rings. The van der Waals surface area contributed by atoms with Crippen LogP contribution in [-0.2, 0) is 9.59 Å². The van der Waals surface area contributed by atoms with Crippen LogP contribution >= 0.6 is 0 Å². The number of nitroso groups, excluding NO2 is 1. The molecule has 1 aliphatic heterocycles. The fraction of sp³-hybridized carbons (Fsp3) is 0.600. The van der Waals surface area contributed by atoms with Gasteiger partial charge in [0.1, 0.15) is 0 Å². The number of nitrogens with zero attached hydrogens (tertiary/aromatic N) is 3. The number of carbonyl (C=O) groups is 2. The Morgan fingerprint density at radius 2 is 2.36 bits per heavy atom. The van der Waals surface area contributed by atoms with E-state index in [-0.39, 0.29) is 18.7 Å². The first-order chi connectivity index (χ1) is 5.24. The lowest BCUT2D eigenvalue weighted by Gasteiger charge is -2.06. The summed E-state index contributed by atoms with van der Waals surface area (Å²) in [5.41, 5.74) is 0. The molecule has 6 heteroatoms. The molecule has 1 rings (SSSR count). The number of rotatable bonds is 1. The van der Waals surface area contributed by atoms with Gasteiger partial charge in [0.2, 0.25) is 0 Å². The van der Waals surface area contributed by atoms with Gasteiger partial charge in [-0.15, -0.1) is 10.0 Å². The molecule has 0 spiro atoms. The molecule has 0 aromatic heterocycles. The maximum atomic E-state index is 10.5. The number of amides is 2. The van der Waals surface area contributed by atoms with Crippen molar-refractivity contribution < 1.29 is 9.59 Å². The van der Waals surface area contributed by atoms with Crippen molar-refractivity contribution >= 4 is 11.8 Å². The van der Waals surface area contributed by atoms with Crippen LogP contribution in [0.2, 0.25) is 0 Å². The van der Waals surface area contributed by atoms with Gasteiger partial charge in [-0.2, -0.15) is 5.11 Å². The van der Waals surface area contributed by atoms with Crippen LogP contribution in [0.4, 0.5) is 0 Å². The maximum Gasteiger partial charge on any atom is 0.312 e. The minimum absolute atomic E-state index is 0.162. The predicted octanol–water partition coefficient (Wildman–Crippen LogP) is 0.421. The van der Waals surface area contributed by atoms with Crippen molar-refractivity contribution in [1.82, 2.24) is 0 Å². The van der Waals surface area contributed by atoms with E-state index in [1.807, 2.05) is 0 Å². The smallest absolute Gasteiger partial charge is 0.271 e. The molecule has 0 saturated heterocycles. The standard InChI is InChI=1S/C5H5N3O3/c9-4-2-1-3(6-7-4)5(10)8-11/h3H,1-2H2. The average Bonchev–Trinajstić information content (AvgIpc) is 2.05. The number of carbonyl (C=O) groups excluding carboxylic acids is 2. The van der Waals surface area contributed by atoms with E-state index in [0.717, 1.165) is 0 Å². The molecule has 0 saturated carbocycles. The van der Waals surface area contributed by atoms with E-state index in [2.05, 4.69) is 15.4 Å². The summed E-state index contributed by atoms with van der Waals surface area (Å²) in [4.78, 5) is 30.7. The molecule has 0 bridgehead atoms. The van der Waals surface area contributed by atoms with Crippen LogP contribution < -0.4 is 0 Å². The Balaban J connectivity index is 2.63. The van der Waals surface area contributed by atoms with Gasteiger partial charge in [0.05, 0.1) is 0 Å². The Morgan fingerprint density at radius 1 is 1.64 bits per heavy atom. The van der Waals surface area contributed by atoms with Gasteiger partial charge in [0.25, 0.3) is 5.91 Å². The molecule has 11 heavy (non-hydrogen) atoms. The molecule has 1 heterocycles. The van der Waals surface area contributed by atoms with E-state index in [0.29, 0.717) is 0 Å². The van der Waals surface area contributed by atoms with Gasteiger partial charge in [-0.25, -0.2) is 0 Å². The largest absolute Gasteiger partial charge is 0.312 e. The quantitative estimate of drug-likeness (QED) is 0.514. The molecule has 2 amide bonds. The lowest BCUT2D eigenvalue weighted by molar-refractivity contribution is -0.122. The first-order valence-corrected chi connectivity index (χ1v) is 3.05. The molecule has 0 fully saturated rings. The van der Waals surface area contributed by atoms with Crippen molar-refractivity contribution in [3.05, 3.63) is 4.91 Å². The second-order valence-corrected chi connectivity index (χ2v) is 2.09. The highest BCUT2D eigenvalue weighted by Crippen LogP contribution is 2.11. The van der Waals surface area contributed by atoms with Gasteiger partial charge in [-0.1, -0.05) is 0 Å². The summed E-state index contributed by atoms with van der Waals surface area (Å²) >= 11 is 0. The Kier molecular flexibility index (Phi) is 2.15. The third kappa shape index (κ3) is 1.73. The highest BCUT2D eigenvalue weighted by molar-refractivity contribution is 5.85. The lowest BCUT2D eigenvalue weighted by Crippen LogP contribution is -2.20. The first-order valence-electron chi connectivity index (χ1n) is 3.05. The van der Waals surface area contributed by atoms with Gasteiger partial charge < -0.3 is 0 Å². The van der Waals surface area contributed by atoms with Crippen LogP contribution in [0.3, 0.4) is 0 Å². The highest BCUT2D eigenvalue weighted by Gasteiger charge is 2.23. The zero-order valence-corrected chi connectivity index (χ0v) is 5.56. The molecule has 1 unspecified atom stereocenters. The Morgan fingerprint density at radius 3 is 2.82 bits per heavy atom. The van der Waals surface area contributed by atoms with E-state index < -0.39 is 11.9 Å². The normalized spacial score (nSPS) is 23.3. The molecule has 1 atom stereocenters. The first kappa shape index (κ1) is 7.64. The number of hydrogen-bond donors (Lipinski definition) is 0. The minimum atomic E-state index is -0.860. The molecular weight excluding hydrogens is 150 g/mol. The van der Waals surface area contributed by atoms with E-state index in [1.54, 1.807) is 0 Å². The third-order valence-corrected chi connectivity index (χ3v) is 1.32. The molecule has 6 nitrogen and oxygen atoms in total. The van der Waals surface area contributed by atoms with Gasteiger partial charge in [-0.3, -0.25) is 9.59 Å². The number of azo groups is 1. The SMILES string of the molecule is O=NC(=O)C1CCC(=O)N=N1. The van der Waals surface area contributed by atoms with E-state index in [4.69, 9.17) is 0 Å². The van der Waals surface area contributed by atoms with Crippen LogP contribution in [-0.4, -0.2) is 17.9 Å². The fourth-order valence-corrected chi connectivity index (χ4v) is 0.736. The Hall–Kier alpha value is -1.46. The molecule has 0 aromatic carbocycles. The van der Waals surface area contributed by atoms with Gasteiger partial charge in [-0.05, 0) is 6.42 Å². The van der Waals surface area contributed by atoms with E-state index in [9.17, 15) is 14.5 Å². The third-order valence-electron chi connectivity index (χ3n) is 1.32. The molecule has 0 N–H and O–H groups in total. The summed E-state index contributed by atoms with van der Waals surface area (Å²) in [6.07, 6.45) is 0.405. The Labute approximate surface area is 61.7 Å². The second-order valence-electron chi connectivity index (χ2n) is 2.09. The van der Waals surface area contributed by atoms with Crippen LogP contribution in [0.1, 0.15) is 12.8 Å². The predicted molar refractivity (Wildman–Crippen MR) is 33.7 cm³/mol. The summed E-state index contributed by atoms with van der Waals surface area (Å²) in [5, 5.41) is 8.64. The van der Waals surface area contributed by atoms with Crippen LogP contribution in [0.15, 0.2) is 15.4 Å². The van der Waals surface area contributed by atoms with Crippen LogP contribution in [0.5, 0.6) is 0 Å². The second kappa shape index (κ2) is 3.09. The molecular formula is C5H5N3O3. The summed E-state index contributed by atoms with van der Waals surface area (Å²) < 4.78 is 0. The highest BCUT2D eigenvalue weighted by atomic mass is 16.3. The Bertz CT molecular complexity index is 235. The average molecular weight is 155 g/mol. The zero-order chi connectivity index (χ0) is 8.27. The topological polar surface area (TPSA) is 88.3 Å². The molecule has 0 radical (unpaired) electrons. The summed E-state index contributed by atoms with van der Waals surface area (Å²) in [6.45, 7) is 0. The van der Waals surface area contributed by atoms with Crippen molar-refractivity contribution in [3.63, 3.8) is 0 Å². The van der Waals surface area contributed by atoms with Crippen LogP contribution in [0, 0.1) is 4.91 Å². The summed E-state index contributed by atoms with van der Waals surface area (Å²) in [6, 6.07) is -0.829. The van der Waals surface area contributed by atoms with E-state index in [1.165, 1.54) is 0 Å². The van der Waals surface area contributed by atoms with Crippen molar-refractivity contribution in [3.8, 4) is 0 Å². The van der Waals surface area contributed by atoms with Crippen molar-refractivity contribution in [2.24, 2.45) is 15.4 Å². The number of hydrogen-bond acceptors (Lipinski definition) is 4. The van der Waals surface area contributed by atoms with Gasteiger partial charge >= 0.3 is 5.91 Å². The van der Waals surface area contributed by atoms with Crippen molar-refractivity contribution in [2.45, 2.75) is 18.9 Å². The fourth-order valence-electron chi connectivity index (χ4n) is 0.736. The van der Waals surface area contributed by atoms with Crippen molar-refractivity contribution in [2.75, 3.05) is 0 Å². The molecule has 1 aliphatic rings. The summed E-state index contributed by atoms with van der Waals surface area (Å²) in [7, 11) is 0. The van der Waals surface area contributed by atoms with Gasteiger partial charge in [0.15, 0.2) is 6.04 Å².